The first-order valence-electron chi connectivity index (χ1n) is 5.11. The van der Waals surface area contributed by atoms with Crippen molar-refractivity contribution in [3.8, 4) is 0 Å². The number of halogens is 3. The van der Waals surface area contributed by atoms with E-state index in [2.05, 4.69) is 15.3 Å². The molecular formula is C10H14ClF2N3O. The van der Waals surface area contributed by atoms with Gasteiger partial charge in [0, 0.05) is 12.0 Å². The molecule has 7 heteroatoms. The van der Waals surface area contributed by atoms with Gasteiger partial charge in [-0.05, 0) is 0 Å². The minimum Gasteiger partial charge on any atom is -0.390 e. The van der Waals surface area contributed by atoms with Crippen LogP contribution < -0.4 is 5.32 Å². The fraction of sp³-hybridized carbons (Fsp3) is 0.600. The van der Waals surface area contributed by atoms with Crippen LogP contribution in [0, 0.1) is 0 Å². The highest BCUT2D eigenvalue weighted by atomic mass is 35.5. The van der Waals surface area contributed by atoms with Crippen molar-refractivity contribution < 1.29 is 13.9 Å². The molecule has 1 rings (SSSR count). The van der Waals surface area contributed by atoms with Gasteiger partial charge in [0.1, 0.15) is 23.4 Å². The second kappa shape index (κ2) is 5.55. The molecule has 0 atom stereocenters. The van der Waals surface area contributed by atoms with Crippen LogP contribution in [0.1, 0.15) is 25.6 Å². The molecule has 0 aromatic carbocycles. The minimum absolute atomic E-state index is 0.0487. The van der Waals surface area contributed by atoms with Gasteiger partial charge < -0.3 is 10.4 Å². The predicted molar refractivity (Wildman–Crippen MR) is 61.7 cm³/mol. The molecule has 17 heavy (non-hydrogen) atoms. The highest BCUT2D eigenvalue weighted by Crippen LogP contribution is 2.18. The number of nitrogens with one attached hydrogen (secondary N) is 1. The van der Waals surface area contributed by atoms with Crippen LogP contribution in [0.2, 0.25) is 5.15 Å². The molecule has 0 saturated carbocycles. The van der Waals surface area contributed by atoms with E-state index in [-0.39, 0.29) is 16.9 Å². The Morgan fingerprint density at radius 2 is 2.12 bits per heavy atom. The van der Waals surface area contributed by atoms with Gasteiger partial charge in [0.05, 0.1) is 6.54 Å². The Balaban J connectivity index is 2.78. The molecule has 0 amide bonds. The number of nitrogens with zero attached hydrogens (tertiary/aromatic N) is 2. The second-order valence-corrected chi connectivity index (χ2v) is 4.34. The number of aromatic nitrogens is 2. The van der Waals surface area contributed by atoms with Crippen molar-refractivity contribution in [1.82, 2.24) is 9.97 Å². The largest absolute Gasteiger partial charge is 0.390 e. The highest BCUT2D eigenvalue weighted by Gasteiger charge is 2.27. The first kappa shape index (κ1) is 14.1. The number of anilines is 1. The monoisotopic (exact) mass is 265 g/mol. The molecule has 0 aliphatic rings. The van der Waals surface area contributed by atoms with Gasteiger partial charge in [-0.2, -0.15) is 0 Å². The number of hydrogen-bond acceptors (Lipinski definition) is 4. The van der Waals surface area contributed by atoms with Crippen molar-refractivity contribution in [2.75, 3.05) is 18.5 Å². The molecule has 1 aromatic heterocycles. The molecular weight excluding hydrogens is 252 g/mol. The number of rotatable bonds is 5. The van der Waals surface area contributed by atoms with E-state index in [1.165, 1.54) is 6.07 Å². The molecule has 1 aromatic rings. The quantitative estimate of drug-likeness (QED) is 0.802. The summed E-state index contributed by atoms with van der Waals surface area (Å²) in [6, 6.07) is 1.36. The number of aliphatic hydroxyl groups excluding tert-OH is 1. The number of hydrogen-bond donors (Lipinski definition) is 2. The van der Waals surface area contributed by atoms with Crippen LogP contribution in [-0.2, 0) is 0 Å². The van der Waals surface area contributed by atoms with E-state index in [9.17, 15) is 8.78 Å². The molecule has 0 aliphatic carbocycles. The molecule has 1 heterocycles. The molecule has 0 fully saturated rings. The van der Waals surface area contributed by atoms with Crippen molar-refractivity contribution in [2.45, 2.75) is 25.7 Å². The molecule has 0 bridgehead atoms. The Morgan fingerprint density at radius 1 is 1.47 bits per heavy atom. The predicted octanol–water partition coefficient (Wildman–Crippen LogP) is 2.29. The average Bonchev–Trinajstić information content (AvgIpc) is 2.26. The van der Waals surface area contributed by atoms with Crippen molar-refractivity contribution in [3.05, 3.63) is 17.0 Å². The van der Waals surface area contributed by atoms with Crippen LogP contribution >= 0.6 is 11.6 Å². The average molecular weight is 266 g/mol. The maximum absolute atomic E-state index is 12.8. The van der Waals surface area contributed by atoms with E-state index in [0.717, 1.165) is 0 Å². The normalized spacial score (nSPS) is 11.9. The standard InChI is InChI=1S/C10H14ClF2N3O/c1-6(2)9-15-7(11)3-8(16-9)14-4-10(12,13)5-17/h3,6,17H,4-5H2,1-2H3,(H,14,15,16). The summed E-state index contributed by atoms with van der Waals surface area (Å²) < 4.78 is 25.6. The Hall–Kier alpha value is -1.01. The van der Waals surface area contributed by atoms with Gasteiger partial charge in [0.15, 0.2) is 0 Å². The molecule has 4 nitrogen and oxygen atoms in total. The van der Waals surface area contributed by atoms with Gasteiger partial charge in [-0.25, -0.2) is 18.7 Å². The van der Waals surface area contributed by atoms with Crippen LogP contribution in [0.5, 0.6) is 0 Å². The molecule has 0 unspecified atom stereocenters. The third-order valence-electron chi connectivity index (χ3n) is 1.99. The lowest BCUT2D eigenvalue weighted by Crippen LogP contribution is -2.31. The lowest BCUT2D eigenvalue weighted by molar-refractivity contribution is -0.0373. The van der Waals surface area contributed by atoms with E-state index in [4.69, 9.17) is 16.7 Å². The van der Waals surface area contributed by atoms with Gasteiger partial charge in [-0.15, -0.1) is 0 Å². The molecule has 2 N–H and O–H groups in total. The summed E-state index contributed by atoms with van der Waals surface area (Å²) in [5.74, 6) is -2.43. The van der Waals surface area contributed by atoms with Crippen molar-refractivity contribution in [1.29, 1.82) is 0 Å². The fourth-order valence-corrected chi connectivity index (χ4v) is 1.25. The van der Waals surface area contributed by atoms with Crippen molar-refractivity contribution in [2.24, 2.45) is 0 Å². The maximum atomic E-state index is 12.8. The van der Waals surface area contributed by atoms with Gasteiger partial charge >= 0.3 is 0 Å². The van der Waals surface area contributed by atoms with Gasteiger partial charge in [0.25, 0.3) is 5.92 Å². The Kier molecular flexibility index (Phi) is 4.59. The van der Waals surface area contributed by atoms with Crippen LogP contribution in [0.15, 0.2) is 6.07 Å². The molecule has 96 valence electrons. The van der Waals surface area contributed by atoms with E-state index in [0.29, 0.717) is 5.82 Å². The van der Waals surface area contributed by atoms with Crippen molar-refractivity contribution >= 4 is 17.4 Å². The van der Waals surface area contributed by atoms with Crippen LogP contribution in [0.3, 0.4) is 0 Å². The highest BCUT2D eigenvalue weighted by molar-refractivity contribution is 6.29. The molecule has 0 aliphatic heterocycles. The van der Waals surface area contributed by atoms with Crippen LogP contribution in [0.4, 0.5) is 14.6 Å². The van der Waals surface area contributed by atoms with Gasteiger partial charge in [0.2, 0.25) is 0 Å². The van der Waals surface area contributed by atoms with E-state index in [1.54, 1.807) is 0 Å². The topological polar surface area (TPSA) is 58.0 Å². The summed E-state index contributed by atoms with van der Waals surface area (Å²) in [4.78, 5) is 8.02. The van der Waals surface area contributed by atoms with Gasteiger partial charge in [-0.1, -0.05) is 25.4 Å². The summed E-state index contributed by atoms with van der Waals surface area (Å²) in [7, 11) is 0. The Bertz CT molecular complexity index is 388. The van der Waals surface area contributed by atoms with E-state index in [1.807, 2.05) is 13.8 Å². The zero-order chi connectivity index (χ0) is 13.1. The smallest absolute Gasteiger partial charge is 0.287 e. The fourth-order valence-electron chi connectivity index (χ4n) is 1.06. The SMILES string of the molecule is CC(C)c1nc(Cl)cc(NCC(F)(F)CO)n1. The van der Waals surface area contributed by atoms with Gasteiger partial charge in [-0.3, -0.25) is 0 Å². The zero-order valence-corrected chi connectivity index (χ0v) is 10.3. The van der Waals surface area contributed by atoms with Crippen LogP contribution in [-0.4, -0.2) is 34.1 Å². The molecule has 0 radical (unpaired) electrons. The summed E-state index contributed by atoms with van der Waals surface area (Å²) in [5.41, 5.74) is 0. The maximum Gasteiger partial charge on any atom is 0.287 e. The van der Waals surface area contributed by atoms with Crippen molar-refractivity contribution in [3.63, 3.8) is 0 Å². The van der Waals surface area contributed by atoms with E-state index >= 15 is 0 Å². The van der Waals surface area contributed by atoms with Crippen LogP contribution in [0.25, 0.3) is 0 Å². The Morgan fingerprint density at radius 3 is 2.65 bits per heavy atom. The number of alkyl halides is 2. The summed E-state index contributed by atoms with van der Waals surface area (Å²) in [6.45, 7) is 1.83. The first-order valence-corrected chi connectivity index (χ1v) is 5.49. The Labute approximate surface area is 103 Å². The summed E-state index contributed by atoms with van der Waals surface area (Å²) in [6.07, 6.45) is 0. The second-order valence-electron chi connectivity index (χ2n) is 3.96. The van der Waals surface area contributed by atoms with E-state index < -0.39 is 19.1 Å². The minimum atomic E-state index is -3.19. The zero-order valence-electron chi connectivity index (χ0n) is 9.54. The summed E-state index contributed by atoms with van der Waals surface area (Å²) in [5, 5.41) is 11.0. The summed E-state index contributed by atoms with van der Waals surface area (Å²) >= 11 is 5.75. The lowest BCUT2D eigenvalue weighted by Gasteiger charge is -2.15. The third kappa shape index (κ3) is 4.40. The third-order valence-corrected chi connectivity index (χ3v) is 2.18. The number of aliphatic hydroxyl groups is 1. The molecule has 0 spiro atoms. The molecule has 0 saturated heterocycles. The first-order chi connectivity index (χ1) is 7.84. The lowest BCUT2D eigenvalue weighted by atomic mass is 10.2.